The van der Waals surface area contributed by atoms with Gasteiger partial charge in [-0.15, -0.1) is 18.3 Å². The number of carbonyl (C=O) groups is 4. The van der Waals surface area contributed by atoms with Gasteiger partial charge >= 0.3 is 0 Å². The molecule has 8 atom stereocenters. The van der Waals surface area contributed by atoms with Crippen LogP contribution in [0.5, 0.6) is 0 Å². The number of amides is 3. The minimum atomic E-state index is -3.49. The van der Waals surface area contributed by atoms with Crippen molar-refractivity contribution in [2.45, 2.75) is 116 Å². The summed E-state index contributed by atoms with van der Waals surface area (Å²) < 4.78 is 28.2. The maximum Gasteiger partial charge on any atom is 0.289 e. The molecule has 4 N–H and O–H groups in total. The van der Waals surface area contributed by atoms with Crippen LogP contribution in [0.15, 0.2) is 24.1 Å². The van der Waals surface area contributed by atoms with E-state index in [1.54, 1.807) is 27.0 Å². The molecule has 276 valence electrons. The number of nitrogens with zero attached hydrogens (tertiary/aromatic N) is 2. The number of piperidine rings is 1. The minimum Gasteiger partial charge on any atom is -0.346 e. The Kier molecular flexibility index (Phi) is 11.9. The van der Waals surface area contributed by atoms with Gasteiger partial charge in [-0.05, 0) is 39.9 Å². The Morgan fingerprint density at radius 3 is 2.31 bits per heavy atom. The van der Waals surface area contributed by atoms with Crippen LogP contribution in [0.25, 0.3) is 0 Å². The van der Waals surface area contributed by atoms with E-state index >= 15 is 0 Å². The highest BCUT2D eigenvalue weighted by atomic mass is 32.2. The summed E-state index contributed by atoms with van der Waals surface area (Å²) >= 11 is 1.55. The summed E-state index contributed by atoms with van der Waals surface area (Å²) in [4.78, 5) is 56.0. The SMILES string of the molecule is C=CCNC(=O)C(=O)C(CCCC)NC(=O)[C@@H]1C2C(CN1C(=O)[C@@H](NN[C@H](CN1CC3SC=CC3S1(=O)=O)C(C)(C)C)C(C)(C)C)C2(C)C. The summed E-state index contributed by atoms with van der Waals surface area (Å²) in [7, 11) is -3.49. The predicted molar refractivity (Wildman–Crippen MR) is 193 cm³/mol. The molecule has 0 radical (unpaired) electrons. The van der Waals surface area contributed by atoms with Crippen molar-refractivity contribution in [2.75, 3.05) is 26.2 Å². The van der Waals surface area contributed by atoms with E-state index in [1.165, 1.54) is 6.08 Å². The summed E-state index contributed by atoms with van der Waals surface area (Å²) in [5.74, 6) is -2.13. The molecule has 3 aliphatic heterocycles. The minimum absolute atomic E-state index is 0.0187. The van der Waals surface area contributed by atoms with Gasteiger partial charge in [0, 0.05) is 37.5 Å². The fourth-order valence-corrected chi connectivity index (χ4v) is 11.0. The molecule has 0 bridgehead atoms. The van der Waals surface area contributed by atoms with Gasteiger partial charge in [-0.2, -0.15) is 4.31 Å². The average molecular weight is 723 g/mol. The Hall–Kier alpha value is -2.26. The number of hydrogen-bond donors (Lipinski definition) is 4. The first-order chi connectivity index (χ1) is 22.7. The molecule has 2 saturated heterocycles. The maximum absolute atomic E-state index is 14.5. The molecule has 1 aliphatic carbocycles. The molecular weight excluding hydrogens is 665 g/mol. The normalized spacial score (nSPS) is 28.7. The van der Waals surface area contributed by atoms with Crippen molar-refractivity contribution in [3.05, 3.63) is 24.1 Å². The molecule has 1 saturated carbocycles. The zero-order valence-electron chi connectivity index (χ0n) is 30.7. The first-order valence-corrected chi connectivity index (χ1v) is 20.0. The molecule has 4 rings (SSSR count). The van der Waals surface area contributed by atoms with Gasteiger partial charge in [0.25, 0.3) is 5.91 Å². The summed E-state index contributed by atoms with van der Waals surface area (Å²) in [5.41, 5.74) is 5.55. The number of nitrogens with one attached hydrogen (secondary N) is 4. The largest absolute Gasteiger partial charge is 0.346 e. The summed E-state index contributed by atoms with van der Waals surface area (Å²) in [6.07, 6.45) is 4.99. The lowest BCUT2D eigenvalue weighted by molar-refractivity contribution is -0.146. The van der Waals surface area contributed by atoms with E-state index in [0.29, 0.717) is 25.9 Å². The molecule has 3 heterocycles. The Labute approximate surface area is 297 Å². The summed E-state index contributed by atoms with van der Waals surface area (Å²) in [5, 5.41) is 6.72. The van der Waals surface area contributed by atoms with Gasteiger partial charge in [-0.25, -0.2) is 13.8 Å². The molecule has 5 unspecified atom stereocenters. The second-order valence-electron chi connectivity index (χ2n) is 16.8. The number of sulfonamides is 1. The standard InChI is InChI=1S/C35H58N6O6S2/c1-11-13-14-22(28(42)31(44)36-16-12-2)37-30(43)27-26-21(35(26,9)10)18-41(27)32(45)29(34(6,7)8)39-38-25(33(3,4)5)20-40-19-23-24(15-17-48-23)49(40,46)47/h12,15,17,21-27,29,38-39H,2,11,13-14,16,18-20H2,1,3-10H3,(H,36,44)(H,37,43)/t21?,22?,23?,24?,25-,26?,27+,29-/m1/s1. The van der Waals surface area contributed by atoms with E-state index in [9.17, 15) is 27.6 Å². The average Bonchev–Trinajstić information content (AvgIpc) is 3.46. The Bertz CT molecular complexity index is 1430. The number of hydrogen-bond acceptors (Lipinski definition) is 9. The van der Waals surface area contributed by atoms with Crippen molar-refractivity contribution in [1.29, 1.82) is 0 Å². The fourth-order valence-electron chi connectivity index (χ4n) is 7.41. The molecule has 4 aliphatic rings. The van der Waals surface area contributed by atoms with E-state index in [4.69, 9.17) is 0 Å². The lowest BCUT2D eigenvalue weighted by atomic mass is 9.85. The van der Waals surface area contributed by atoms with Gasteiger partial charge in [0.2, 0.25) is 27.6 Å². The molecule has 3 fully saturated rings. The molecular formula is C35H58N6O6S2. The van der Waals surface area contributed by atoms with Gasteiger partial charge < -0.3 is 15.5 Å². The molecule has 49 heavy (non-hydrogen) atoms. The molecule has 12 nitrogen and oxygen atoms in total. The van der Waals surface area contributed by atoms with Gasteiger partial charge in [-0.3, -0.25) is 24.6 Å². The quantitative estimate of drug-likeness (QED) is 0.113. The number of fused-ring (bicyclic) bond motifs is 2. The van der Waals surface area contributed by atoms with Crippen LogP contribution in [0.1, 0.15) is 81.6 Å². The number of carbonyl (C=O) groups excluding carboxylic acids is 4. The maximum atomic E-state index is 14.5. The van der Waals surface area contributed by atoms with E-state index < -0.39 is 56.4 Å². The number of Topliss-reactive ketones (excluding diaryl/α,β-unsaturated/α-hetero) is 1. The number of hydrazine groups is 1. The molecule has 0 aromatic rings. The van der Waals surface area contributed by atoms with Crippen molar-refractivity contribution >= 4 is 45.3 Å². The molecule has 0 spiro atoms. The Morgan fingerprint density at radius 1 is 1.06 bits per heavy atom. The predicted octanol–water partition coefficient (Wildman–Crippen LogP) is 2.58. The smallest absolute Gasteiger partial charge is 0.289 e. The van der Waals surface area contributed by atoms with Crippen LogP contribution < -0.4 is 21.5 Å². The van der Waals surface area contributed by atoms with Crippen LogP contribution >= 0.6 is 11.8 Å². The zero-order valence-corrected chi connectivity index (χ0v) is 32.3. The van der Waals surface area contributed by atoms with Gasteiger partial charge in [0.1, 0.15) is 17.3 Å². The van der Waals surface area contributed by atoms with Crippen LogP contribution in [-0.4, -0.2) is 102 Å². The van der Waals surface area contributed by atoms with E-state index in [2.05, 4.69) is 41.9 Å². The van der Waals surface area contributed by atoms with E-state index in [0.717, 1.165) is 6.42 Å². The summed E-state index contributed by atoms with van der Waals surface area (Å²) in [6.45, 7) is 22.9. The second kappa shape index (κ2) is 14.8. The number of unbranched alkanes of at least 4 members (excludes halogenated alkanes) is 1. The fraction of sp³-hybridized carbons (Fsp3) is 0.771. The first kappa shape index (κ1) is 39.5. The second-order valence-corrected chi connectivity index (χ2v) is 20.0. The van der Waals surface area contributed by atoms with E-state index in [1.807, 2.05) is 53.9 Å². The van der Waals surface area contributed by atoms with Crippen LogP contribution in [0.4, 0.5) is 0 Å². The van der Waals surface area contributed by atoms with Crippen molar-refractivity contribution in [2.24, 2.45) is 28.1 Å². The molecule has 0 aromatic carbocycles. The highest BCUT2D eigenvalue weighted by Gasteiger charge is 2.70. The number of ketones is 1. The lowest BCUT2D eigenvalue weighted by Crippen LogP contribution is -2.64. The van der Waals surface area contributed by atoms with E-state index in [-0.39, 0.29) is 53.0 Å². The third-order valence-electron chi connectivity index (χ3n) is 10.8. The highest BCUT2D eigenvalue weighted by Crippen LogP contribution is 2.65. The van der Waals surface area contributed by atoms with Crippen LogP contribution in [0.3, 0.4) is 0 Å². The van der Waals surface area contributed by atoms with Gasteiger partial charge in [0.15, 0.2) is 0 Å². The number of thioether (sulfide) groups is 1. The Balaban J connectivity index is 1.53. The molecule has 14 heteroatoms. The van der Waals surface area contributed by atoms with Crippen LogP contribution in [0, 0.1) is 28.1 Å². The van der Waals surface area contributed by atoms with Crippen LogP contribution in [-0.2, 0) is 29.2 Å². The van der Waals surface area contributed by atoms with Crippen LogP contribution in [0.2, 0.25) is 0 Å². The zero-order chi connectivity index (χ0) is 36.7. The number of likely N-dealkylation sites (tertiary alicyclic amines) is 1. The first-order valence-electron chi connectivity index (χ1n) is 17.5. The van der Waals surface area contributed by atoms with Gasteiger partial charge in [0.05, 0.1) is 6.04 Å². The topological polar surface area (TPSA) is 157 Å². The van der Waals surface area contributed by atoms with Crippen molar-refractivity contribution < 1.29 is 27.6 Å². The summed E-state index contributed by atoms with van der Waals surface area (Å²) in [6, 6.07) is -2.90. The number of rotatable bonds is 15. The molecule has 3 amide bonds. The third kappa shape index (κ3) is 8.29. The third-order valence-corrected chi connectivity index (χ3v) is 14.3. The van der Waals surface area contributed by atoms with Crippen molar-refractivity contribution in [3.63, 3.8) is 0 Å². The molecule has 0 aromatic heterocycles. The van der Waals surface area contributed by atoms with Crippen molar-refractivity contribution in [1.82, 2.24) is 30.7 Å². The monoisotopic (exact) mass is 722 g/mol. The van der Waals surface area contributed by atoms with Crippen molar-refractivity contribution in [3.8, 4) is 0 Å². The highest BCUT2D eigenvalue weighted by molar-refractivity contribution is 8.04. The lowest BCUT2D eigenvalue weighted by Gasteiger charge is -2.40. The Morgan fingerprint density at radius 2 is 1.73 bits per heavy atom. The van der Waals surface area contributed by atoms with Gasteiger partial charge in [-0.1, -0.05) is 87.3 Å².